The third kappa shape index (κ3) is 3.48. The van der Waals surface area contributed by atoms with Crippen molar-refractivity contribution >= 4 is 28.7 Å². The molecule has 0 aliphatic carbocycles. The van der Waals surface area contributed by atoms with Gasteiger partial charge in [0.1, 0.15) is 0 Å². The molecular weight excluding hydrogens is 260 g/mol. The number of carbonyl (C=O) groups excluding carboxylic acids is 2. The summed E-state index contributed by atoms with van der Waals surface area (Å²) >= 11 is 1.48. The molecule has 98 valence electrons. The summed E-state index contributed by atoms with van der Waals surface area (Å²) in [5, 5.41) is 2.80. The first kappa shape index (κ1) is 13.4. The average molecular weight is 274 g/mol. The van der Waals surface area contributed by atoms with Crippen molar-refractivity contribution in [1.29, 1.82) is 0 Å². The van der Waals surface area contributed by atoms with E-state index in [1.165, 1.54) is 18.3 Å². The van der Waals surface area contributed by atoms with Gasteiger partial charge in [0.25, 0.3) is 0 Å². The van der Waals surface area contributed by atoms with Crippen molar-refractivity contribution in [1.82, 2.24) is 4.98 Å². The van der Waals surface area contributed by atoms with E-state index in [1.54, 1.807) is 29.8 Å². The van der Waals surface area contributed by atoms with Gasteiger partial charge in [0.2, 0.25) is 5.91 Å². The molecule has 0 unspecified atom stereocenters. The number of Topliss-reactive ketones (excluding diaryl/α,β-unsaturated/α-hetero) is 1. The first-order valence-corrected chi connectivity index (χ1v) is 6.74. The maximum Gasteiger partial charge on any atom is 0.229 e. The molecule has 0 fully saturated rings. The number of thiazole rings is 1. The largest absolute Gasteiger partial charge is 0.326 e. The van der Waals surface area contributed by atoms with Crippen molar-refractivity contribution in [2.45, 2.75) is 20.3 Å². The van der Waals surface area contributed by atoms with Crippen LogP contribution in [0.3, 0.4) is 0 Å². The summed E-state index contributed by atoms with van der Waals surface area (Å²) < 4.78 is 0. The van der Waals surface area contributed by atoms with Gasteiger partial charge in [-0.3, -0.25) is 9.59 Å². The number of carbonyl (C=O) groups is 2. The first-order valence-electron chi connectivity index (χ1n) is 5.86. The second-order valence-corrected chi connectivity index (χ2v) is 5.16. The Bertz CT molecular complexity index is 602. The molecular formula is C14H14N2O2S. The molecule has 0 radical (unpaired) electrons. The first-order chi connectivity index (χ1) is 9.06. The zero-order valence-corrected chi connectivity index (χ0v) is 11.6. The highest BCUT2D eigenvalue weighted by Gasteiger charge is 2.08. The van der Waals surface area contributed by atoms with Gasteiger partial charge in [0.15, 0.2) is 5.78 Å². The number of rotatable bonds is 4. The van der Waals surface area contributed by atoms with Crippen molar-refractivity contribution in [2.24, 2.45) is 0 Å². The topological polar surface area (TPSA) is 59.1 Å². The number of ketones is 1. The minimum absolute atomic E-state index is 0.0122. The quantitative estimate of drug-likeness (QED) is 0.872. The van der Waals surface area contributed by atoms with Crippen LogP contribution in [0.1, 0.15) is 27.9 Å². The zero-order valence-electron chi connectivity index (χ0n) is 10.8. The molecule has 2 rings (SSSR count). The van der Waals surface area contributed by atoms with Crippen LogP contribution in [0.25, 0.3) is 0 Å². The lowest BCUT2D eigenvalue weighted by atomic mass is 10.1. The van der Waals surface area contributed by atoms with Crippen molar-refractivity contribution in [3.05, 3.63) is 45.9 Å². The number of amides is 1. The normalized spacial score (nSPS) is 10.2. The van der Waals surface area contributed by atoms with Gasteiger partial charge in [-0.2, -0.15) is 0 Å². The van der Waals surface area contributed by atoms with Crippen LogP contribution in [-0.4, -0.2) is 16.7 Å². The van der Waals surface area contributed by atoms with Crippen molar-refractivity contribution < 1.29 is 9.59 Å². The second kappa shape index (κ2) is 5.75. The lowest BCUT2D eigenvalue weighted by Crippen LogP contribution is -2.14. The summed E-state index contributed by atoms with van der Waals surface area (Å²) in [6.07, 6.45) is 0.324. The zero-order chi connectivity index (χ0) is 13.8. The smallest absolute Gasteiger partial charge is 0.229 e. The van der Waals surface area contributed by atoms with Crippen molar-refractivity contribution in [3.8, 4) is 0 Å². The van der Waals surface area contributed by atoms with Crippen molar-refractivity contribution in [3.63, 3.8) is 0 Å². The molecule has 0 saturated heterocycles. The van der Waals surface area contributed by atoms with E-state index in [2.05, 4.69) is 10.3 Å². The van der Waals surface area contributed by atoms with Gasteiger partial charge in [0.05, 0.1) is 17.6 Å². The van der Waals surface area contributed by atoms with Crippen LogP contribution < -0.4 is 5.32 Å². The summed E-state index contributed by atoms with van der Waals surface area (Å²) in [7, 11) is 0. The molecule has 0 atom stereocenters. The number of aromatic nitrogens is 1. The molecule has 1 heterocycles. The van der Waals surface area contributed by atoms with E-state index in [4.69, 9.17) is 0 Å². The number of hydrogen-bond donors (Lipinski definition) is 1. The Morgan fingerprint density at radius 2 is 1.95 bits per heavy atom. The molecule has 2 aromatic rings. The van der Waals surface area contributed by atoms with Gasteiger partial charge >= 0.3 is 0 Å². The molecule has 1 aromatic carbocycles. The molecule has 0 saturated carbocycles. The third-order valence-corrected chi connectivity index (χ3v) is 3.68. The third-order valence-electron chi connectivity index (χ3n) is 2.74. The minimum Gasteiger partial charge on any atom is -0.326 e. The highest BCUT2D eigenvalue weighted by molar-refractivity contribution is 7.09. The van der Waals surface area contributed by atoms with Crippen LogP contribution in [0.15, 0.2) is 29.8 Å². The lowest BCUT2D eigenvalue weighted by molar-refractivity contribution is -0.115. The van der Waals surface area contributed by atoms with Crippen molar-refractivity contribution in [2.75, 3.05) is 5.32 Å². The van der Waals surface area contributed by atoms with Crippen LogP contribution in [-0.2, 0) is 11.2 Å². The Labute approximate surface area is 115 Å². The van der Waals surface area contributed by atoms with E-state index < -0.39 is 0 Å². The fourth-order valence-electron chi connectivity index (χ4n) is 1.64. The van der Waals surface area contributed by atoms with E-state index in [9.17, 15) is 9.59 Å². The number of nitrogens with zero attached hydrogens (tertiary/aromatic N) is 1. The summed E-state index contributed by atoms with van der Waals surface area (Å²) in [5.74, 6) is -0.0684. The highest BCUT2D eigenvalue weighted by Crippen LogP contribution is 2.15. The summed E-state index contributed by atoms with van der Waals surface area (Å²) in [6, 6.07) is 6.87. The van der Waals surface area contributed by atoms with Crippen LogP contribution >= 0.6 is 11.3 Å². The molecule has 1 aromatic heterocycles. The SMILES string of the molecule is CC(=O)c1ccc(NC(=O)Cc2scnc2C)cc1. The molecule has 0 bridgehead atoms. The summed E-state index contributed by atoms with van der Waals surface area (Å²) in [6.45, 7) is 3.40. The molecule has 1 amide bonds. The van der Waals surface area contributed by atoms with Gasteiger partial charge < -0.3 is 5.32 Å². The number of aryl methyl sites for hydroxylation is 1. The average Bonchev–Trinajstić information content (AvgIpc) is 2.75. The second-order valence-electron chi connectivity index (χ2n) is 4.22. The monoisotopic (exact) mass is 274 g/mol. The molecule has 0 spiro atoms. The van der Waals surface area contributed by atoms with E-state index in [0.717, 1.165) is 10.6 Å². The van der Waals surface area contributed by atoms with E-state index in [1.807, 2.05) is 6.92 Å². The Morgan fingerprint density at radius 3 is 2.47 bits per heavy atom. The Balaban J connectivity index is 1.99. The summed E-state index contributed by atoms with van der Waals surface area (Å²) in [4.78, 5) is 28.1. The van der Waals surface area contributed by atoms with E-state index in [-0.39, 0.29) is 11.7 Å². The van der Waals surface area contributed by atoms with E-state index >= 15 is 0 Å². The number of hydrogen-bond acceptors (Lipinski definition) is 4. The van der Waals surface area contributed by atoms with Crippen LogP contribution in [0.4, 0.5) is 5.69 Å². The van der Waals surface area contributed by atoms with Crippen LogP contribution in [0.2, 0.25) is 0 Å². The standard InChI is InChI=1S/C14H14N2O2S/c1-9-13(19-8-15-9)7-14(18)16-12-5-3-11(4-6-12)10(2)17/h3-6,8H,7H2,1-2H3,(H,16,18). The molecule has 5 heteroatoms. The number of nitrogens with one attached hydrogen (secondary N) is 1. The predicted molar refractivity (Wildman–Crippen MR) is 75.6 cm³/mol. The predicted octanol–water partition coefficient (Wildman–Crippen LogP) is 2.84. The minimum atomic E-state index is -0.0806. The molecule has 19 heavy (non-hydrogen) atoms. The maximum atomic E-state index is 11.9. The summed E-state index contributed by atoms with van der Waals surface area (Å²) in [5.41, 5.74) is 3.96. The Hall–Kier alpha value is -2.01. The molecule has 1 N–H and O–H groups in total. The lowest BCUT2D eigenvalue weighted by Gasteiger charge is -2.05. The van der Waals surface area contributed by atoms with E-state index in [0.29, 0.717) is 17.7 Å². The van der Waals surface area contributed by atoms with Gasteiger partial charge in [-0.15, -0.1) is 11.3 Å². The molecule has 0 aliphatic heterocycles. The fourth-order valence-corrected chi connectivity index (χ4v) is 2.41. The highest BCUT2D eigenvalue weighted by atomic mass is 32.1. The van der Waals surface area contributed by atoms with Crippen LogP contribution in [0, 0.1) is 6.92 Å². The number of anilines is 1. The van der Waals surface area contributed by atoms with Gasteiger partial charge in [-0.05, 0) is 38.1 Å². The van der Waals surface area contributed by atoms with Gasteiger partial charge in [-0.1, -0.05) is 0 Å². The van der Waals surface area contributed by atoms with Crippen LogP contribution in [0.5, 0.6) is 0 Å². The maximum absolute atomic E-state index is 11.9. The van der Waals surface area contributed by atoms with Gasteiger partial charge in [-0.25, -0.2) is 4.98 Å². The number of benzene rings is 1. The van der Waals surface area contributed by atoms with Gasteiger partial charge in [0, 0.05) is 16.1 Å². The Kier molecular flexibility index (Phi) is 4.06. The molecule has 0 aliphatic rings. The molecule has 4 nitrogen and oxygen atoms in total. The fraction of sp³-hybridized carbons (Fsp3) is 0.214. The Morgan fingerprint density at radius 1 is 1.26 bits per heavy atom.